The first-order valence-electron chi connectivity index (χ1n) is 6.95. The molecule has 2 rings (SSSR count). The van der Waals surface area contributed by atoms with E-state index in [4.69, 9.17) is 0 Å². The van der Waals surface area contributed by atoms with Gasteiger partial charge in [-0.25, -0.2) is 9.18 Å². The van der Waals surface area contributed by atoms with Crippen LogP contribution in [0.3, 0.4) is 0 Å². The number of rotatable bonds is 5. The molecule has 22 heavy (non-hydrogen) atoms. The SMILES string of the molecule is CC1(C)NC(=O)N(CC(=O)NCCc2ccc(F)cc2)C1=O. The first-order valence-corrected chi connectivity index (χ1v) is 6.95. The van der Waals surface area contributed by atoms with E-state index in [9.17, 15) is 18.8 Å². The molecule has 118 valence electrons. The van der Waals surface area contributed by atoms with E-state index in [0.717, 1.165) is 10.5 Å². The average Bonchev–Trinajstić information content (AvgIpc) is 2.63. The van der Waals surface area contributed by atoms with Gasteiger partial charge in [-0.05, 0) is 38.0 Å². The van der Waals surface area contributed by atoms with Gasteiger partial charge in [0.05, 0.1) is 0 Å². The third-order valence-corrected chi connectivity index (χ3v) is 3.40. The van der Waals surface area contributed by atoms with Crippen LogP contribution in [0.15, 0.2) is 24.3 Å². The van der Waals surface area contributed by atoms with Gasteiger partial charge in [-0.2, -0.15) is 0 Å². The molecule has 1 heterocycles. The van der Waals surface area contributed by atoms with E-state index in [1.807, 2.05) is 0 Å². The van der Waals surface area contributed by atoms with Crippen molar-refractivity contribution in [3.05, 3.63) is 35.6 Å². The third kappa shape index (κ3) is 3.60. The van der Waals surface area contributed by atoms with E-state index in [2.05, 4.69) is 10.6 Å². The highest BCUT2D eigenvalue weighted by atomic mass is 19.1. The fraction of sp³-hybridized carbons (Fsp3) is 0.400. The maximum atomic E-state index is 12.8. The predicted molar refractivity (Wildman–Crippen MR) is 77.4 cm³/mol. The number of halogens is 1. The number of nitrogens with one attached hydrogen (secondary N) is 2. The summed E-state index contributed by atoms with van der Waals surface area (Å²) < 4.78 is 12.8. The summed E-state index contributed by atoms with van der Waals surface area (Å²) in [6, 6.07) is 5.42. The molecule has 1 fully saturated rings. The second-order valence-corrected chi connectivity index (χ2v) is 5.67. The lowest BCUT2D eigenvalue weighted by Gasteiger charge is -2.15. The van der Waals surface area contributed by atoms with Crippen molar-refractivity contribution in [1.29, 1.82) is 0 Å². The first-order chi connectivity index (χ1) is 10.3. The number of imide groups is 1. The Morgan fingerprint density at radius 3 is 2.45 bits per heavy atom. The lowest BCUT2D eigenvalue weighted by molar-refractivity contribution is -0.134. The van der Waals surface area contributed by atoms with Crippen molar-refractivity contribution in [3.8, 4) is 0 Å². The minimum Gasteiger partial charge on any atom is -0.354 e. The van der Waals surface area contributed by atoms with Gasteiger partial charge >= 0.3 is 6.03 Å². The molecule has 0 bridgehead atoms. The predicted octanol–water partition coefficient (Wildman–Crippen LogP) is 0.815. The number of hydrogen-bond acceptors (Lipinski definition) is 3. The molecule has 0 atom stereocenters. The van der Waals surface area contributed by atoms with E-state index >= 15 is 0 Å². The van der Waals surface area contributed by atoms with Gasteiger partial charge < -0.3 is 10.6 Å². The van der Waals surface area contributed by atoms with E-state index < -0.39 is 23.4 Å². The third-order valence-electron chi connectivity index (χ3n) is 3.40. The maximum absolute atomic E-state index is 12.8. The Morgan fingerprint density at radius 2 is 1.91 bits per heavy atom. The Kier molecular flexibility index (Phi) is 4.44. The van der Waals surface area contributed by atoms with Crippen LogP contribution >= 0.6 is 0 Å². The van der Waals surface area contributed by atoms with Crippen molar-refractivity contribution < 1.29 is 18.8 Å². The van der Waals surface area contributed by atoms with Gasteiger partial charge in [-0.3, -0.25) is 14.5 Å². The fourth-order valence-electron chi connectivity index (χ4n) is 2.16. The van der Waals surface area contributed by atoms with Gasteiger partial charge in [0.25, 0.3) is 5.91 Å². The Labute approximate surface area is 127 Å². The van der Waals surface area contributed by atoms with Crippen LogP contribution in [0.2, 0.25) is 0 Å². The van der Waals surface area contributed by atoms with Crippen molar-refractivity contribution >= 4 is 17.8 Å². The second kappa shape index (κ2) is 6.13. The van der Waals surface area contributed by atoms with E-state index in [0.29, 0.717) is 13.0 Å². The van der Waals surface area contributed by atoms with Crippen LogP contribution in [0.4, 0.5) is 9.18 Å². The van der Waals surface area contributed by atoms with Gasteiger partial charge in [0, 0.05) is 6.54 Å². The quantitative estimate of drug-likeness (QED) is 0.790. The van der Waals surface area contributed by atoms with Crippen molar-refractivity contribution in [3.63, 3.8) is 0 Å². The lowest BCUT2D eigenvalue weighted by Crippen LogP contribution is -2.43. The van der Waals surface area contributed by atoms with E-state index in [-0.39, 0.29) is 12.4 Å². The van der Waals surface area contributed by atoms with Gasteiger partial charge in [0.2, 0.25) is 5.91 Å². The van der Waals surface area contributed by atoms with Crippen LogP contribution < -0.4 is 10.6 Å². The van der Waals surface area contributed by atoms with Crippen LogP contribution in [-0.4, -0.2) is 41.4 Å². The van der Waals surface area contributed by atoms with Gasteiger partial charge in [0.15, 0.2) is 0 Å². The Balaban J connectivity index is 1.80. The monoisotopic (exact) mass is 307 g/mol. The van der Waals surface area contributed by atoms with Crippen molar-refractivity contribution in [2.75, 3.05) is 13.1 Å². The zero-order valence-electron chi connectivity index (χ0n) is 12.5. The molecule has 2 N–H and O–H groups in total. The lowest BCUT2D eigenvalue weighted by atomic mass is 10.1. The summed E-state index contributed by atoms with van der Waals surface area (Å²) in [6.07, 6.45) is 0.539. The Hall–Kier alpha value is -2.44. The molecule has 1 aromatic rings. The molecule has 1 aliphatic heterocycles. The minimum atomic E-state index is -0.981. The van der Waals surface area contributed by atoms with Crippen LogP contribution in [0.5, 0.6) is 0 Å². The highest BCUT2D eigenvalue weighted by molar-refractivity contribution is 6.08. The summed E-state index contributed by atoms with van der Waals surface area (Å²) in [5.41, 5.74) is -0.0938. The van der Waals surface area contributed by atoms with Crippen molar-refractivity contribution in [2.24, 2.45) is 0 Å². The average molecular weight is 307 g/mol. The van der Waals surface area contributed by atoms with Gasteiger partial charge in [-0.1, -0.05) is 12.1 Å². The number of carbonyl (C=O) groups excluding carboxylic acids is 3. The highest BCUT2D eigenvalue weighted by Crippen LogP contribution is 2.15. The number of hydrogen-bond donors (Lipinski definition) is 2. The summed E-state index contributed by atoms with van der Waals surface area (Å²) in [7, 11) is 0. The highest BCUT2D eigenvalue weighted by Gasteiger charge is 2.44. The number of amides is 4. The van der Waals surface area contributed by atoms with Gasteiger partial charge in [-0.15, -0.1) is 0 Å². The number of urea groups is 1. The fourth-order valence-corrected chi connectivity index (χ4v) is 2.16. The van der Waals surface area contributed by atoms with E-state index in [1.165, 1.54) is 12.1 Å². The summed E-state index contributed by atoms with van der Waals surface area (Å²) in [6.45, 7) is 3.20. The second-order valence-electron chi connectivity index (χ2n) is 5.67. The molecule has 7 heteroatoms. The molecule has 0 aromatic heterocycles. The Bertz CT molecular complexity index is 599. The summed E-state index contributed by atoms with van der Waals surface area (Å²) in [4.78, 5) is 36.3. The minimum absolute atomic E-state index is 0.308. The van der Waals surface area contributed by atoms with Crippen molar-refractivity contribution in [1.82, 2.24) is 15.5 Å². The van der Waals surface area contributed by atoms with Crippen molar-refractivity contribution in [2.45, 2.75) is 25.8 Å². The molecule has 0 aliphatic carbocycles. The van der Waals surface area contributed by atoms with Crippen LogP contribution in [-0.2, 0) is 16.0 Å². The molecular formula is C15H18FN3O3. The number of benzene rings is 1. The summed E-state index contributed by atoms with van der Waals surface area (Å²) >= 11 is 0. The van der Waals surface area contributed by atoms with E-state index in [1.54, 1.807) is 26.0 Å². The topological polar surface area (TPSA) is 78.5 Å². The zero-order chi connectivity index (χ0) is 16.3. The molecule has 0 unspecified atom stereocenters. The zero-order valence-corrected chi connectivity index (χ0v) is 12.5. The molecule has 4 amide bonds. The molecule has 6 nitrogen and oxygen atoms in total. The summed E-state index contributed by atoms with van der Waals surface area (Å²) in [5, 5.41) is 5.14. The largest absolute Gasteiger partial charge is 0.354 e. The molecule has 0 saturated carbocycles. The number of carbonyl (C=O) groups is 3. The van der Waals surface area contributed by atoms with Gasteiger partial charge in [0.1, 0.15) is 17.9 Å². The molecule has 0 radical (unpaired) electrons. The Morgan fingerprint density at radius 1 is 1.27 bits per heavy atom. The number of nitrogens with zero attached hydrogens (tertiary/aromatic N) is 1. The smallest absolute Gasteiger partial charge is 0.325 e. The standard InChI is InChI=1S/C15H18FN3O3/c1-15(2)13(21)19(14(22)18-15)9-12(20)17-8-7-10-3-5-11(16)6-4-10/h3-6H,7-9H2,1-2H3,(H,17,20)(H,18,22). The molecule has 0 spiro atoms. The van der Waals surface area contributed by atoms with Crippen LogP contribution in [0.1, 0.15) is 19.4 Å². The summed E-state index contributed by atoms with van der Waals surface area (Å²) in [5.74, 6) is -1.15. The maximum Gasteiger partial charge on any atom is 0.325 e. The van der Waals surface area contributed by atoms with Crippen LogP contribution in [0.25, 0.3) is 0 Å². The first kappa shape index (κ1) is 15.9. The molecule has 1 saturated heterocycles. The molecule has 1 aliphatic rings. The molecular weight excluding hydrogens is 289 g/mol. The normalized spacial score (nSPS) is 16.6. The molecule has 1 aromatic carbocycles. The van der Waals surface area contributed by atoms with Crippen LogP contribution in [0, 0.1) is 5.82 Å².